The minimum Gasteiger partial charge on any atom is -0.325 e. The van der Waals surface area contributed by atoms with E-state index < -0.39 is 0 Å². The molecule has 0 unspecified atom stereocenters. The first kappa shape index (κ1) is 11.9. The number of carbonyl (C=O) groups excluding carboxylic acids is 1. The van der Waals surface area contributed by atoms with Crippen molar-refractivity contribution in [2.45, 2.75) is 19.3 Å². The molecule has 2 aromatic rings. The Bertz CT molecular complexity index is 628. The van der Waals surface area contributed by atoms with E-state index in [2.05, 4.69) is 22.5 Å². The number of nitrogens with one attached hydrogen (secondary N) is 1. The first-order valence-corrected chi connectivity index (χ1v) is 6.64. The number of hydrogen-bond acceptors (Lipinski definition) is 2. The number of allylic oxidation sites excluding steroid dienone is 2. The highest BCUT2D eigenvalue weighted by atomic mass is 16.1. The summed E-state index contributed by atoms with van der Waals surface area (Å²) in [6, 6.07) is 9.68. The third kappa shape index (κ3) is 2.50. The summed E-state index contributed by atoms with van der Waals surface area (Å²) >= 11 is 0. The largest absolute Gasteiger partial charge is 0.325 e. The summed E-state index contributed by atoms with van der Waals surface area (Å²) in [5, 5.41) is 4.03. The fourth-order valence-corrected chi connectivity index (χ4v) is 2.48. The molecule has 0 radical (unpaired) electrons. The van der Waals surface area contributed by atoms with Crippen LogP contribution in [0.25, 0.3) is 10.9 Å². The van der Waals surface area contributed by atoms with Gasteiger partial charge in [0, 0.05) is 17.5 Å². The van der Waals surface area contributed by atoms with Crippen molar-refractivity contribution in [3.8, 4) is 0 Å². The molecular formula is C16H16N2O. The zero-order chi connectivity index (χ0) is 13.1. The van der Waals surface area contributed by atoms with Crippen molar-refractivity contribution < 1.29 is 4.79 Å². The second kappa shape index (κ2) is 5.22. The number of hydrogen-bond donors (Lipinski definition) is 1. The Morgan fingerprint density at radius 3 is 3.00 bits per heavy atom. The van der Waals surface area contributed by atoms with Crippen molar-refractivity contribution in [2.24, 2.45) is 5.92 Å². The lowest BCUT2D eigenvalue weighted by molar-refractivity contribution is -0.120. The average molecular weight is 252 g/mol. The summed E-state index contributed by atoms with van der Waals surface area (Å²) in [5.74, 6) is 0.206. The molecule has 0 bridgehead atoms. The van der Waals surface area contributed by atoms with Gasteiger partial charge in [-0.3, -0.25) is 9.78 Å². The summed E-state index contributed by atoms with van der Waals surface area (Å²) in [4.78, 5) is 16.5. The van der Waals surface area contributed by atoms with Crippen LogP contribution in [0, 0.1) is 5.92 Å². The molecule has 0 saturated carbocycles. The van der Waals surface area contributed by atoms with Gasteiger partial charge < -0.3 is 5.32 Å². The normalized spacial score (nSPS) is 18.4. The molecule has 0 aliphatic heterocycles. The van der Waals surface area contributed by atoms with Crippen molar-refractivity contribution in [3.63, 3.8) is 0 Å². The number of fused-ring (bicyclic) bond motifs is 1. The number of amides is 1. The number of carbonyl (C=O) groups is 1. The monoisotopic (exact) mass is 252 g/mol. The lowest BCUT2D eigenvalue weighted by atomic mass is 9.93. The molecule has 1 aromatic carbocycles. The number of rotatable bonds is 2. The van der Waals surface area contributed by atoms with Gasteiger partial charge in [-0.1, -0.05) is 18.2 Å². The molecule has 19 heavy (non-hydrogen) atoms. The lowest BCUT2D eigenvalue weighted by Gasteiger charge is -2.17. The zero-order valence-electron chi connectivity index (χ0n) is 10.7. The summed E-state index contributed by atoms with van der Waals surface area (Å²) in [7, 11) is 0. The summed E-state index contributed by atoms with van der Waals surface area (Å²) < 4.78 is 0. The maximum Gasteiger partial charge on any atom is 0.227 e. The highest BCUT2D eigenvalue weighted by Gasteiger charge is 2.19. The number of anilines is 1. The van der Waals surface area contributed by atoms with Gasteiger partial charge in [0.15, 0.2) is 0 Å². The second-order valence-electron chi connectivity index (χ2n) is 4.85. The molecule has 1 heterocycles. The standard InChI is InChI=1S/C16H16N2O/c19-16(12-6-2-1-3-7-12)18-15-10-4-9-14-13(15)8-5-11-17-14/h1-2,4-5,8-12H,3,6-7H2,(H,18,19)/t12-/m1/s1. The van der Waals surface area contributed by atoms with Gasteiger partial charge >= 0.3 is 0 Å². The minimum atomic E-state index is 0.0944. The van der Waals surface area contributed by atoms with Crippen LogP contribution in [0.4, 0.5) is 5.69 Å². The molecule has 3 heteroatoms. The highest BCUT2D eigenvalue weighted by molar-refractivity contribution is 6.01. The van der Waals surface area contributed by atoms with Crippen molar-refractivity contribution in [3.05, 3.63) is 48.7 Å². The second-order valence-corrected chi connectivity index (χ2v) is 4.85. The van der Waals surface area contributed by atoms with Crippen molar-refractivity contribution >= 4 is 22.5 Å². The van der Waals surface area contributed by atoms with E-state index in [1.807, 2.05) is 30.3 Å². The Balaban J connectivity index is 1.85. The van der Waals surface area contributed by atoms with Crippen LogP contribution in [0.2, 0.25) is 0 Å². The zero-order valence-corrected chi connectivity index (χ0v) is 10.7. The van der Waals surface area contributed by atoms with E-state index in [1.54, 1.807) is 6.20 Å². The van der Waals surface area contributed by atoms with Gasteiger partial charge in [-0.05, 0) is 43.5 Å². The lowest BCUT2D eigenvalue weighted by Crippen LogP contribution is -2.23. The molecule has 1 N–H and O–H groups in total. The molecule has 3 rings (SSSR count). The smallest absolute Gasteiger partial charge is 0.227 e. The molecular weight excluding hydrogens is 236 g/mol. The molecule has 1 aliphatic rings. The van der Waals surface area contributed by atoms with Gasteiger partial charge in [-0.15, -0.1) is 0 Å². The summed E-state index contributed by atoms with van der Waals surface area (Å²) in [6.07, 6.45) is 8.78. The van der Waals surface area contributed by atoms with Gasteiger partial charge in [0.1, 0.15) is 0 Å². The van der Waals surface area contributed by atoms with E-state index in [0.29, 0.717) is 0 Å². The van der Waals surface area contributed by atoms with Gasteiger partial charge in [0.05, 0.1) is 11.2 Å². The van der Waals surface area contributed by atoms with E-state index in [0.717, 1.165) is 35.9 Å². The van der Waals surface area contributed by atoms with Crippen molar-refractivity contribution in [2.75, 3.05) is 5.32 Å². The van der Waals surface area contributed by atoms with Crippen molar-refractivity contribution in [1.29, 1.82) is 0 Å². The number of pyridine rings is 1. The molecule has 1 atom stereocenters. The molecule has 1 amide bonds. The van der Waals surface area contributed by atoms with E-state index in [4.69, 9.17) is 0 Å². The molecule has 0 saturated heterocycles. The maximum absolute atomic E-state index is 12.2. The van der Waals surface area contributed by atoms with Crippen LogP contribution in [0.5, 0.6) is 0 Å². The predicted molar refractivity (Wildman–Crippen MR) is 76.9 cm³/mol. The number of benzene rings is 1. The van der Waals surface area contributed by atoms with Crippen LogP contribution in [0.15, 0.2) is 48.7 Å². The molecule has 0 spiro atoms. The molecule has 3 nitrogen and oxygen atoms in total. The third-order valence-electron chi connectivity index (χ3n) is 3.54. The van der Waals surface area contributed by atoms with Gasteiger partial charge in [-0.25, -0.2) is 0 Å². The number of aromatic nitrogens is 1. The van der Waals surface area contributed by atoms with E-state index in [1.165, 1.54) is 0 Å². The van der Waals surface area contributed by atoms with Crippen LogP contribution in [-0.4, -0.2) is 10.9 Å². The van der Waals surface area contributed by atoms with Gasteiger partial charge in [0.2, 0.25) is 5.91 Å². The Morgan fingerprint density at radius 1 is 1.21 bits per heavy atom. The summed E-state index contributed by atoms with van der Waals surface area (Å²) in [5.41, 5.74) is 1.76. The maximum atomic E-state index is 12.2. The van der Waals surface area contributed by atoms with Crippen LogP contribution in [0.3, 0.4) is 0 Å². The Kier molecular flexibility index (Phi) is 3.27. The SMILES string of the molecule is O=C(Nc1cccc2ncccc12)[C@@H]1CC=CCC1. The topological polar surface area (TPSA) is 42.0 Å². The Morgan fingerprint density at radius 2 is 2.16 bits per heavy atom. The average Bonchev–Trinajstić information content (AvgIpc) is 2.48. The first-order valence-electron chi connectivity index (χ1n) is 6.64. The van der Waals surface area contributed by atoms with Gasteiger partial charge in [0.25, 0.3) is 0 Å². The fourth-order valence-electron chi connectivity index (χ4n) is 2.48. The van der Waals surface area contributed by atoms with Crippen LogP contribution < -0.4 is 5.32 Å². The Hall–Kier alpha value is -2.16. The fraction of sp³-hybridized carbons (Fsp3) is 0.250. The predicted octanol–water partition coefficient (Wildman–Crippen LogP) is 3.53. The summed E-state index contributed by atoms with van der Waals surface area (Å²) in [6.45, 7) is 0. The molecule has 96 valence electrons. The van der Waals surface area contributed by atoms with E-state index >= 15 is 0 Å². The quantitative estimate of drug-likeness (QED) is 0.831. The van der Waals surface area contributed by atoms with Crippen LogP contribution >= 0.6 is 0 Å². The van der Waals surface area contributed by atoms with Crippen molar-refractivity contribution in [1.82, 2.24) is 4.98 Å². The molecule has 1 aromatic heterocycles. The Labute approximate surface area is 112 Å². The highest BCUT2D eigenvalue weighted by Crippen LogP contribution is 2.24. The third-order valence-corrected chi connectivity index (χ3v) is 3.54. The first-order chi connectivity index (χ1) is 9.34. The number of nitrogens with zero attached hydrogens (tertiary/aromatic N) is 1. The molecule has 1 aliphatic carbocycles. The molecule has 0 fully saturated rings. The minimum absolute atomic E-state index is 0.0944. The van der Waals surface area contributed by atoms with E-state index in [9.17, 15) is 4.79 Å². The van der Waals surface area contributed by atoms with Crippen LogP contribution in [-0.2, 0) is 4.79 Å². The van der Waals surface area contributed by atoms with Gasteiger partial charge in [-0.2, -0.15) is 0 Å². The van der Waals surface area contributed by atoms with E-state index in [-0.39, 0.29) is 11.8 Å². The van der Waals surface area contributed by atoms with Crippen LogP contribution in [0.1, 0.15) is 19.3 Å².